The lowest BCUT2D eigenvalue weighted by atomic mass is 10.1. The van der Waals surface area contributed by atoms with Gasteiger partial charge in [0.05, 0.1) is 12.3 Å². The van der Waals surface area contributed by atoms with Crippen LogP contribution in [0.25, 0.3) is 0 Å². The van der Waals surface area contributed by atoms with Crippen LogP contribution in [0.4, 0.5) is 14.5 Å². The molecule has 0 saturated carbocycles. The van der Waals surface area contributed by atoms with E-state index in [-0.39, 0.29) is 12.3 Å². The van der Waals surface area contributed by atoms with E-state index in [1.807, 2.05) is 0 Å². The van der Waals surface area contributed by atoms with Crippen LogP contribution in [0, 0.1) is 11.6 Å². The Balaban J connectivity index is 2.81. The minimum Gasteiger partial charge on any atom is -0.456 e. The van der Waals surface area contributed by atoms with Crippen molar-refractivity contribution in [2.75, 3.05) is 18.9 Å². The van der Waals surface area contributed by atoms with Gasteiger partial charge in [-0.3, -0.25) is 0 Å². The number of anilines is 1. The van der Waals surface area contributed by atoms with Crippen LogP contribution in [0.5, 0.6) is 0 Å². The summed E-state index contributed by atoms with van der Waals surface area (Å²) in [5.74, 6) is -3.21. The Bertz CT molecular complexity index is 438. The van der Waals surface area contributed by atoms with Crippen LogP contribution in [0.3, 0.4) is 0 Å². The number of carbonyl (C=O) groups is 1. The van der Waals surface area contributed by atoms with Gasteiger partial charge in [0.15, 0.2) is 5.82 Å². The lowest BCUT2D eigenvalue weighted by Gasteiger charge is -2.14. The SMILES string of the molecule is CCOCC(C)OC(=O)c1c(F)ccc(N)c1F. The van der Waals surface area contributed by atoms with Gasteiger partial charge in [0.25, 0.3) is 0 Å². The molecular formula is C12H15F2NO3. The van der Waals surface area contributed by atoms with E-state index in [9.17, 15) is 13.6 Å². The fourth-order valence-electron chi connectivity index (χ4n) is 1.32. The average Bonchev–Trinajstić information content (AvgIpc) is 2.31. The number of halogens is 2. The molecule has 0 fully saturated rings. The molecule has 18 heavy (non-hydrogen) atoms. The molecule has 6 heteroatoms. The molecule has 0 aliphatic carbocycles. The van der Waals surface area contributed by atoms with Gasteiger partial charge in [0.2, 0.25) is 0 Å². The molecule has 1 aromatic carbocycles. The van der Waals surface area contributed by atoms with Crippen LogP contribution in [0.1, 0.15) is 24.2 Å². The Hall–Kier alpha value is -1.69. The number of esters is 1. The Morgan fingerprint density at radius 2 is 2.11 bits per heavy atom. The van der Waals surface area contributed by atoms with E-state index in [4.69, 9.17) is 15.2 Å². The minimum absolute atomic E-state index is 0.161. The Morgan fingerprint density at radius 1 is 1.44 bits per heavy atom. The van der Waals surface area contributed by atoms with Crippen LogP contribution in [-0.2, 0) is 9.47 Å². The van der Waals surface area contributed by atoms with Crippen molar-refractivity contribution in [3.63, 3.8) is 0 Å². The first-order valence-corrected chi connectivity index (χ1v) is 5.49. The second kappa shape index (κ2) is 6.30. The van der Waals surface area contributed by atoms with Crippen molar-refractivity contribution < 1.29 is 23.0 Å². The third-order valence-corrected chi connectivity index (χ3v) is 2.19. The fourth-order valence-corrected chi connectivity index (χ4v) is 1.32. The van der Waals surface area contributed by atoms with Crippen molar-refractivity contribution in [1.82, 2.24) is 0 Å². The van der Waals surface area contributed by atoms with E-state index >= 15 is 0 Å². The molecule has 0 aliphatic rings. The van der Waals surface area contributed by atoms with Gasteiger partial charge in [-0.1, -0.05) is 0 Å². The molecule has 1 unspecified atom stereocenters. The van der Waals surface area contributed by atoms with Crippen LogP contribution < -0.4 is 5.73 Å². The normalized spacial score (nSPS) is 12.2. The fraction of sp³-hybridized carbons (Fsp3) is 0.417. The predicted molar refractivity (Wildman–Crippen MR) is 62.1 cm³/mol. The van der Waals surface area contributed by atoms with Crippen molar-refractivity contribution in [2.24, 2.45) is 0 Å². The molecule has 2 N–H and O–H groups in total. The summed E-state index contributed by atoms with van der Waals surface area (Å²) in [5, 5.41) is 0. The molecule has 1 aromatic rings. The van der Waals surface area contributed by atoms with Crippen molar-refractivity contribution in [2.45, 2.75) is 20.0 Å². The summed E-state index contributed by atoms with van der Waals surface area (Å²) in [5.41, 5.74) is 4.18. The smallest absolute Gasteiger partial charge is 0.344 e. The average molecular weight is 259 g/mol. The minimum atomic E-state index is -1.11. The number of hydrogen-bond donors (Lipinski definition) is 1. The van der Waals surface area contributed by atoms with Crippen LogP contribution in [0.15, 0.2) is 12.1 Å². The molecule has 0 aliphatic heterocycles. The maximum absolute atomic E-state index is 13.5. The van der Waals surface area contributed by atoms with Crippen molar-refractivity contribution in [3.05, 3.63) is 29.3 Å². The van der Waals surface area contributed by atoms with Gasteiger partial charge in [-0.05, 0) is 26.0 Å². The third kappa shape index (κ3) is 3.40. The zero-order valence-corrected chi connectivity index (χ0v) is 10.2. The molecule has 0 radical (unpaired) electrons. The van der Waals surface area contributed by atoms with Crippen molar-refractivity contribution >= 4 is 11.7 Å². The number of rotatable bonds is 5. The van der Waals surface area contributed by atoms with E-state index in [0.29, 0.717) is 6.61 Å². The number of hydrogen-bond acceptors (Lipinski definition) is 4. The number of carbonyl (C=O) groups excluding carboxylic acids is 1. The third-order valence-electron chi connectivity index (χ3n) is 2.19. The first kappa shape index (κ1) is 14.4. The largest absolute Gasteiger partial charge is 0.456 e. The predicted octanol–water partition coefficient (Wildman–Crippen LogP) is 2.13. The lowest BCUT2D eigenvalue weighted by molar-refractivity contribution is 0.00361. The van der Waals surface area contributed by atoms with E-state index in [1.165, 1.54) is 0 Å². The highest BCUT2D eigenvalue weighted by molar-refractivity contribution is 5.91. The molecule has 0 saturated heterocycles. The van der Waals surface area contributed by atoms with Gasteiger partial charge < -0.3 is 15.2 Å². The zero-order chi connectivity index (χ0) is 13.7. The topological polar surface area (TPSA) is 61.5 Å². The van der Waals surface area contributed by atoms with Crippen LogP contribution >= 0.6 is 0 Å². The van der Waals surface area contributed by atoms with Crippen LogP contribution in [-0.4, -0.2) is 25.3 Å². The number of benzene rings is 1. The van der Waals surface area contributed by atoms with E-state index in [1.54, 1.807) is 13.8 Å². The highest BCUT2D eigenvalue weighted by Crippen LogP contribution is 2.19. The summed E-state index contributed by atoms with van der Waals surface area (Å²) in [6.07, 6.45) is -0.599. The van der Waals surface area contributed by atoms with Crippen LogP contribution in [0.2, 0.25) is 0 Å². The highest BCUT2D eigenvalue weighted by Gasteiger charge is 2.22. The lowest BCUT2D eigenvalue weighted by Crippen LogP contribution is -2.22. The van der Waals surface area contributed by atoms with E-state index in [0.717, 1.165) is 12.1 Å². The Labute approximate surface area is 104 Å². The number of ether oxygens (including phenoxy) is 2. The standard InChI is InChI=1S/C12H15F2NO3/c1-3-17-6-7(2)18-12(16)10-8(13)4-5-9(15)11(10)14/h4-5,7H,3,6,15H2,1-2H3. The Morgan fingerprint density at radius 3 is 2.72 bits per heavy atom. The van der Waals surface area contributed by atoms with Crippen molar-refractivity contribution in [1.29, 1.82) is 0 Å². The number of nitrogen functional groups attached to an aromatic ring is 1. The summed E-state index contributed by atoms with van der Waals surface area (Å²) in [6, 6.07) is 1.97. The molecule has 100 valence electrons. The van der Waals surface area contributed by atoms with Gasteiger partial charge in [-0.25, -0.2) is 13.6 Å². The quantitative estimate of drug-likeness (QED) is 0.650. The molecule has 0 amide bonds. The summed E-state index contributed by atoms with van der Waals surface area (Å²) < 4.78 is 36.8. The van der Waals surface area contributed by atoms with Crippen molar-refractivity contribution in [3.8, 4) is 0 Å². The maximum atomic E-state index is 13.5. The first-order chi connectivity index (χ1) is 8.47. The van der Waals surface area contributed by atoms with Gasteiger partial charge in [-0.15, -0.1) is 0 Å². The summed E-state index contributed by atoms with van der Waals surface area (Å²) in [7, 11) is 0. The van der Waals surface area contributed by atoms with E-state index < -0.39 is 29.3 Å². The van der Waals surface area contributed by atoms with Gasteiger partial charge >= 0.3 is 5.97 Å². The van der Waals surface area contributed by atoms with Gasteiger partial charge in [0.1, 0.15) is 17.5 Å². The molecular weight excluding hydrogens is 244 g/mol. The maximum Gasteiger partial charge on any atom is 0.344 e. The molecule has 0 spiro atoms. The Kier molecular flexibility index (Phi) is 5.03. The monoisotopic (exact) mass is 259 g/mol. The molecule has 1 atom stereocenters. The number of nitrogens with two attached hydrogens (primary N) is 1. The summed E-state index contributed by atoms with van der Waals surface area (Å²) >= 11 is 0. The second-order valence-corrected chi connectivity index (χ2v) is 3.70. The molecule has 0 bridgehead atoms. The molecule has 0 aromatic heterocycles. The molecule has 0 heterocycles. The summed E-state index contributed by atoms with van der Waals surface area (Å²) in [4.78, 5) is 11.6. The van der Waals surface area contributed by atoms with Gasteiger partial charge in [0, 0.05) is 6.61 Å². The first-order valence-electron chi connectivity index (χ1n) is 5.49. The van der Waals surface area contributed by atoms with E-state index in [2.05, 4.69) is 0 Å². The van der Waals surface area contributed by atoms with Gasteiger partial charge in [-0.2, -0.15) is 0 Å². The zero-order valence-electron chi connectivity index (χ0n) is 10.2. The highest BCUT2D eigenvalue weighted by atomic mass is 19.1. The molecule has 1 rings (SSSR count). The molecule has 4 nitrogen and oxygen atoms in total. The summed E-state index contributed by atoms with van der Waals surface area (Å²) in [6.45, 7) is 3.97. The second-order valence-electron chi connectivity index (χ2n) is 3.70.